The van der Waals surface area contributed by atoms with Gasteiger partial charge < -0.3 is 10.4 Å². The van der Waals surface area contributed by atoms with Crippen molar-refractivity contribution in [1.82, 2.24) is 29.8 Å². The number of anilines is 1. The summed E-state index contributed by atoms with van der Waals surface area (Å²) in [5.41, 5.74) is 2.81. The van der Waals surface area contributed by atoms with Crippen molar-refractivity contribution in [2.45, 2.75) is 50.5 Å². The molecule has 4 saturated carbocycles. The molecule has 0 amide bonds. The van der Waals surface area contributed by atoms with Crippen LogP contribution in [0.3, 0.4) is 0 Å². The number of nitrogens with one attached hydrogen (secondary N) is 2. The van der Waals surface area contributed by atoms with Crippen LogP contribution in [0.1, 0.15) is 50.1 Å². The average Bonchev–Trinajstić information content (AvgIpc) is 3.45. The van der Waals surface area contributed by atoms with Crippen molar-refractivity contribution >= 4 is 28.3 Å². The number of aliphatic carboxylic acids is 1. The summed E-state index contributed by atoms with van der Waals surface area (Å²) in [6, 6.07) is 5.27. The number of hydrogen-bond donors (Lipinski definition) is 3. The smallest absolute Gasteiger partial charge is 0.308 e. The molecule has 0 aromatic carbocycles. The van der Waals surface area contributed by atoms with Crippen molar-refractivity contribution in [3.63, 3.8) is 0 Å². The Bertz CT molecular complexity index is 1430. The first-order chi connectivity index (χ1) is 16.6. The molecule has 4 aliphatic rings. The van der Waals surface area contributed by atoms with Crippen LogP contribution >= 0.6 is 0 Å². The molecule has 174 valence electrons. The molecule has 0 radical (unpaired) electrons. The Hall–Kier alpha value is -3.56. The molecular formula is C24H24FN7O2. The molecular weight excluding hydrogens is 437 g/mol. The molecule has 4 heterocycles. The van der Waals surface area contributed by atoms with Gasteiger partial charge in [-0.1, -0.05) is 0 Å². The number of rotatable bonds is 5. The van der Waals surface area contributed by atoms with Crippen LogP contribution in [0.4, 0.5) is 10.2 Å². The summed E-state index contributed by atoms with van der Waals surface area (Å²) in [5, 5.41) is 26.0. The van der Waals surface area contributed by atoms with Crippen LogP contribution < -0.4 is 5.32 Å². The number of H-pyrrole nitrogens is 1. The van der Waals surface area contributed by atoms with Crippen LogP contribution in [0, 0.1) is 23.6 Å². The van der Waals surface area contributed by atoms with Gasteiger partial charge in [-0.3, -0.25) is 9.89 Å². The number of pyridine rings is 1. The van der Waals surface area contributed by atoms with Gasteiger partial charge in [0.05, 0.1) is 17.5 Å². The van der Waals surface area contributed by atoms with Crippen LogP contribution in [0.5, 0.6) is 0 Å². The summed E-state index contributed by atoms with van der Waals surface area (Å²) in [7, 11) is 0. The van der Waals surface area contributed by atoms with E-state index in [9.17, 15) is 14.3 Å². The molecule has 0 unspecified atom stereocenters. The number of carbonyl (C=O) groups is 1. The van der Waals surface area contributed by atoms with E-state index in [1.54, 1.807) is 0 Å². The lowest BCUT2D eigenvalue weighted by Crippen LogP contribution is -2.51. The minimum absolute atomic E-state index is 0.187. The van der Waals surface area contributed by atoms with E-state index >= 15 is 0 Å². The zero-order valence-electron chi connectivity index (χ0n) is 18.4. The Labute approximate surface area is 193 Å². The molecule has 0 spiro atoms. The SMILES string of the molecule is O=C(O)[C@@H]1C2CCC(CC2)[C@H]1Nc1nc(-c2[nH]nc3ncc(F)cc23)nn2c(C3CC3)ccc12. The highest BCUT2D eigenvalue weighted by Gasteiger charge is 2.47. The zero-order valence-corrected chi connectivity index (χ0v) is 18.4. The molecule has 10 heteroatoms. The van der Waals surface area contributed by atoms with Crippen molar-refractivity contribution < 1.29 is 14.3 Å². The Kier molecular flexibility index (Phi) is 4.22. The highest BCUT2D eigenvalue weighted by molar-refractivity contribution is 5.89. The second kappa shape index (κ2) is 7.22. The van der Waals surface area contributed by atoms with Gasteiger partial charge in [0, 0.05) is 17.7 Å². The van der Waals surface area contributed by atoms with E-state index in [0.29, 0.717) is 40.2 Å². The highest BCUT2D eigenvalue weighted by atomic mass is 19.1. The number of aromatic amines is 1. The Balaban J connectivity index is 1.38. The molecule has 0 aliphatic heterocycles. The molecule has 9 nitrogen and oxygen atoms in total. The lowest BCUT2D eigenvalue weighted by Gasteiger charge is -2.47. The predicted octanol–water partition coefficient (Wildman–Crippen LogP) is 3.99. The van der Waals surface area contributed by atoms with Gasteiger partial charge in [-0.15, -0.1) is 5.10 Å². The fourth-order valence-electron chi connectivity index (χ4n) is 6.13. The molecule has 2 atom stereocenters. The third-order valence-corrected chi connectivity index (χ3v) is 7.94. The van der Waals surface area contributed by atoms with Crippen molar-refractivity contribution in [3.05, 3.63) is 35.9 Å². The lowest BCUT2D eigenvalue weighted by molar-refractivity contribution is -0.148. The maximum atomic E-state index is 14.0. The number of aromatic nitrogens is 6. The van der Waals surface area contributed by atoms with E-state index in [2.05, 4.69) is 26.6 Å². The largest absolute Gasteiger partial charge is 0.481 e. The van der Waals surface area contributed by atoms with Crippen molar-refractivity contribution in [1.29, 1.82) is 0 Å². The van der Waals surface area contributed by atoms with Crippen LogP contribution in [0.25, 0.3) is 28.1 Å². The molecule has 3 N–H and O–H groups in total. The number of halogens is 1. The minimum atomic E-state index is -0.743. The fourth-order valence-corrected chi connectivity index (χ4v) is 6.13. The van der Waals surface area contributed by atoms with Crippen LogP contribution in [-0.4, -0.2) is 46.9 Å². The van der Waals surface area contributed by atoms with E-state index < -0.39 is 17.7 Å². The van der Waals surface area contributed by atoms with Gasteiger partial charge in [0.25, 0.3) is 0 Å². The predicted molar refractivity (Wildman–Crippen MR) is 122 cm³/mol. The van der Waals surface area contributed by atoms with E-state index in [-0.39, 0.29) is 12.0 Å². The van der Waals surface area contributed by atoms with E-state index in [4.69, 9.17) is 10.1 Å². The molecule has 4 aliphatic carbocycles. The van der Waals surface area contributed by atoms with Gasteiger partial charge >= 0.3 is 5.97 Å². The molecule has 34 heavy (non-hydrogen) atoms. The standard InChI is InChI=1S/C24H24FN7O2/c25-14-9-15-20(29-30-21(15)26-10-14)23-28-22(17-8-7-16(11-1-2-11)32(17)31-23)27-19-13-5-3-12(4-6-13)18(19)24(33)34/h7-13,18-19H,1-6H2,(H,33,34)(H,26,29,30)(H,27,28,31)/t12?,13?,18-,19-/m1/s1. The Morgan fingerprint density at radius 3 is 2.71 bits per heavy atom. The summed E-state index contributed by atoms with van der Waals surface area (Å²) >= 11 is 0. The lowest BCUT2D eigenvalue weighted by atomic mass is 9.61. The zero-order chi connectivity index (χ0) is 23.0. The molecule has 2 bridgehead atoms. The third kappa shape index (κ3) is 3.00. The number of carboxylic acid groups (broad SMARTS) is 1. The quantitative estimate of drug-likeness (QED) is 0.411. The first-order valence-corrected chi connectivity index (χ1v) is 12.0. The first kappa shape index (κ1) is 19.9. The van der Waals surface area contributed by atoms with Crippen molar-refractivity contribution in [3.8, 4) is 11.5 Å². The summed E-state index contributed by atoms with van der Waals surface area (Å²) in [5.74, 6) is 0.279. The van der Waals surface area contributed by atoms with Crippen LogP contribution in [-0.2, 0) is 4.79 Å². The Morgan fingerprint density at radius 1 is 1.15 bits per heavy atom. The van der Waals surface area contributed by atoms with Gasteiger partial charge in [0.15, 0.2) is 11.5 Å². The maximum Gasteiger partial charge on any atom is 0.308 e. The minimum Gasteiger partial charge on any atom is -0.481 e. The Morgan fingerprint density at radius 2 is 1.94 bits per heavy atom. The van der Waals surface area contributed by atoms with Crippen molar-refractivity contribution in [2.75, 3.05) is 5.32 Å². The van der Waals surface area contributed by atoms with E-state index in [1.807, 2.05) is 10.6 Å². The second-order valence-electron chi connectivity index (χ2n) is 9.95. The summed E-state index contributed by atoms with van der Waals surface area (Å²) in [4.78, 5) is 21.1. The number of hydrogen-bond acceptors (Lipinski definition) is 6. The number of fused-ring (bicyclic) bond motifs is 5. The molecule has 4 fully saturated rings. The summed E-state index contributed by atoms with van der Waals surface area (Å²) in [6.45, 7) is 0. The van der Waals surface area contributed by atoms with Gasteiger partial charge in [-0.05, 0) is 68.6 Å². The summed E-state index contributed by atoms with van der Waals surface area (Å²) < 4.78 is 15.9. The molecule has 8 rings (SSSR count). The monoisotopic (exact) mass is 461 g/mol. The first-order valence-electron chi connectivity index (χ1n) is 12.0. The normalized spacial score (nSPS) is 26.4. The second-order valence-corrected chi connectivity index (χ2v) is 9.95. The van der Waals surface area contributed by atoms with Gasteiger partial charge in [-0.2, -0.15) is 5.10 Å². The van der Waals surface area contributed by atoms with E-state index in [0.717, 1.165) is 55.9 Å². The average molecular weight is 462 g/mol. The number of nitrogens with zero attached hydrogens (tertiary/aromatic N) is 5. The molecule has 4 aromatic rings. The summed E-state index contributed by atoms with van der Waals surface area (Å²) in [6.07, 6.45) is 7.37. The van der Waals surface area contributed by atoms with Crippen LogP contribution in [0.2, 0.25) is 0 Å². The fraction of sp³-hybridized carbons (Fsp3) is 0.458. The third-order valence-electron chi connectivity index (χ3n) is 7.94. The van der Waals surface area contributed by atoms with Gasteiger partial charge in [0.1, 0.15) is 17.0 Å². The maximum absolute atomic E-state index is 14.0. The number of carboxylic acids is 1. The van der Waals surface area contributed by atoms with Gasteiger partial charge in [0.2, 0.25) is 5.82 Å². The topological polar surface area (TPSA) is 121 Å². The van der Waals surface area contributed by atoms with Gasteiger partial charge in [-0.25, -0.2) is 18.9 Å². The van der Waals surface area contributed by atoms with E-state index in [1.165, 1.54) is 6.07 Å². The highest BCUT2D eigenvalue weighted by Crippen LogP contribution is 2.47. The van der Waals surface area contributed by atoms with Crippen molar-refractivity contribution in [2.24, 2.45) is 17.8 Å². The molecule has 0 saturated heterocycles. The molecule has 4 aromatic heterocycles. The van der Waals surface area contributed by atoms with Crippen LogP contribution in [0.15, 0.2) is 24.4 Å².